The van der Waals surface area contributed by atoms with Gasteiger partial charge in [-0.25, -0.2) is 0 Å². The van der Waals surface area contributed by atoms with E-state index in [2.05, 4.69) is 10.6 Å². The maximum absolute atomic E-state index is 12.8. The van der Waals surface area contributed by atoms with E-state index in [-0.39, 0.29) is 17.2 Å². The Morgan fingerprint density at radius 3 is 2.48 bits per heavy atom. The third-order valence-electron chi connectivity index (χ3n) is 5.68. The number of carbonyl (C=O) groups excluding carboxylic acids is 1. The van der Waals surface area contributed by atoms with E-state index in [1.54, 1.807) is 18.2 Å². The van der Waals surface area contributed by atoms with Crippen molar-refractivity contribution < 1.29 is 9.72 Å². The topological polar surface area (TPSA) is 87.5 Å². The van der Waals surface area contributed by atoms with Gasteiger partial charge in [-0.3, -0.25) is 14.9 Å². The second-order valence-corrected chi connectivity index (χ2v) is 7.59. The molecule has 1 heterocycles. The Kier molecular flexibility index (Phi) is 7.04. The Morgan fingerprint density at radius 1 is 1.15 bits per heavy atom. The molecule has 148 valence electrons. The van der Waals surface area contributed by atoms with Crippen LogP contribution in [0.1, 0.15) is 55.3 Å². The highest BCUT2D eigenvalue weighted by Gasteiger charge is 2.28. The molecule has 7 nitrogen and oxygen atoms in total. The normalized spacial score (nSPS) is 19.2. The number of nitro groups is 1. The van der Waals surface area contributed by atoms with Gasteiger partial charge in [-0.05, 0) is 30.9 Å². The van der Waals surface area contributed by atoms with Crippen molar-refractivity contribution in [2.75, 3.05) is 37.6 Å². The Morgan fingerprint density at radius 2 is 1.81 bits per heavy atom. The van der Waals surface area contributed by atoms with Gasteiger partial charge in [-0.1, -0.05) is 38.2 Å². The molecule has 0 aromatic heterocycles. The molecular formula is C20H30N4O3. The Hall–Kier alpha value is -2.15. The average molecular weight is 374 g/mol. The van der Waals surface area contributed by atoms with Crippen molar-refractivity contribution in [2.24, 2.45) is 5.92 Å². The zero-order valence-corrected chi connectivity index (χ0v) is 15.9. The molecule has 27 heavy (non-hydrogen) atoms. The lowest BCUT2D eigenvalue weighted by molar-refractivity contribution is -0.384. The van der Waals surface area contributed by atoms with Gasteiger partial charge < -0.3 is 15.5 Å². The molecule has 2 N–H and O–H groups in total. The standard InChI is InChI=1S/C20H30N4O3/c25-20(22-15-16-7-4-2-1-3-5-8-16)17-9-6-10-18(19(17)24(26)27)23-13-11-21-12-14-23/h6,9-10,16,21H,1-5,7-8,11-15H2,(H,22,25). The number of nitrogens with one attached hydrogen (secondary N) is 2. The third-order valence-corrected chi connectivity index (χ3v) is 5.68. The van der Waals surface area contributed by atoms with Crippen LogP contribution in [-0.2, 0) is 0 Å². The minimum absolute atomic E-state index is 0.0745. The Balaban J connectivity index is 1.72. The molecule has 1 amide bonds. The molecule has 1 aromatic carbocycles. The van der Waals surface area contributed by atoms with Gasteiger partial charge in [0.2, 0.25) is 0 Å². The number of carbonyl (C=O) groups is 1. The van der Waals surface area contributed by atoms with E-state index in [1.165, 1.54) is 32.1 Å². The molecule has 0 spiro atoms. The van der Waals surface area contributed by atoms with E-state index in [0.29, 0.717) is 31.2 Å². The van der Waals surface area contributed by atoms with Crippen molar-refractivity contribution in [1.82, 2.24) is 10.6 Å². The van der Waals surface area contributed by atoms with E-state index >= 15 is 0 Å². The monoisotopic (exact) mass is 374 g/mol. The number of amides is 1. The van der Waals surface area contributed by atoms with Crippen LogP contribution in [0.5, 0.6) is 0 Å². The number of piperazine rings is 1. The zero-order valence-electron chi connectivity index (χ0n) is 15.9. The first-order chi connectivity index (χ1) is 13.2. The first kappa shape index (κ1) is 19.6. The third kappa shape index (κ3) is 5.19. The van der Waals surface area contributed by atoms with Crippen LogP contribution >= 0.6 is 0 Å². The van der Waals surface area contributed by atoms with Crippen molar-refractivity contribution in [2.45, 2.75) is 44.9 Å². The highest BCUT2D eigenvalue weighted by atomic mass is 16.6. The zero-order chi connectivity index (χ0) is 19.1. The molecule has 1 aliphatic heterocycles. The summed E-state index contributed by atoms with van der Waals surface area (Å²) in [7, 11) is 0. The number of nitro benzene ring substituents is 1. The van der Waals surface area contributed by atoms with Crippen LogP contribution in [-0.4, -0.2) is 43.6 Å². The van der Waals surface area contributed by atoms with Gasteiger partial charge in [0.15, 0.2) is 0 Å². The smallest absolute Gasteiger partial charge is 0.305 e. The summed E-state index contributed by atoms with van der Waals surface area (Å²) in [6.45, 7) is 3.58. The molecule has 2 aliphatic rings. The minimum Gasteiger partial charge on any atom is -0.363 e. The van der Waals surface area contributed by atoms with E-state index in [4.69, 9.17) is 0 Å². The largest absolute Gasteiger partial charge is 0.363 e. The van der Waals surface area contributed by atoms with Gasteiger partial charge in [0.25, 0.3) is 5.91 Å². The van der Waals surface area contributed by atoms with Crippen molar-refractivity contribution in [3.05, 3.63) is 33.9 Å². The van der Waals surface area contributed by atoms with E-state index in [9.17, 15) is 14.9 Å². The Labute approximate surface area is 160 Å². The number of nitrogens with zero attached hydrogens (tertiary/aromatic N) is 2. The van der Waals surface area contributed by atoms with Crippen molar-refractivity contribution in [1.29, 1.82) is 0 Å². The molecule has 1 saturated carbocycles. The molecule has 0 unspecified atom stereocenters. The SMILES string of the molecule is O=C(NCC1CCCCCCC1)c1cccc(N2CCNCC2)c1[N+](=O)[O-]. The lowest BCUT2D eigenvalue weighted by Crippen LogP contribution is -2.43. The summed E-state index contributed by atoms with van der Waals surface area (Å²) >= 11 is 0. The maximum atomic E-state index is 12.8. The number of para-hydroxylation sites is 1. The molecule has 3 rings (SSSR count). The lowest BCUT2D eigenvalue weighted by atomic mass is 9.91. The predicted molar refractivity (Wildman–Crippen MR) is 106 cm³/mol. The average Bonchev–Trinajstić information content (AvgIpc) is 2.67. The summed E-state index contributed by atoms with van der Waals surface area (Å²) in [4.78, 5) is 26.1. The number of hydrogen-bond donors (Lipinski definition) is 2. The molecule has 1 aromatic rings. The van der Waals surface area contributed by atoms with E-state index in [0.717, 1.165) is 25.9 Å². The van der Waals surface area contributed by atoms with Gasteiger partial charge in [0, 0.05) is 32.7 Å². The Bertz CT molecular complexity index is 651. The lowest BCUT2D eigenvalue weighted by Gasteiger charge is -2.29. The fourth-order valence-electron chi connectivity index (χ4n) is 4.14. The minimum atomic E-state index is -0.415. The van der Waals surface area contributed by atoms with Gasteiger partial charge in [0.1, 0.15) is 11.3 Å². The highest BCUT2D eigenvalue weighted by Crippen LogP contribution is 2.32. The maximum Gasteiger partial charge on any atom is 0.305 e. The van der Waals surface area contributed by atoms with Crippen molar-refractivity contribution >= 4 is 17.3 Å². The number of rotatable bonds is 5. The molecule has 0 bridgehead atoms. The second kappa shape index (κ2) is 9.69. The molecular weight excluding hydrogens is 344 g/mol. The van der Waals surface area contributed by atoms with Crippen LogP contribution in [0.3, 0.4) is 0 Å². The van der Waals surface area contributed by atoms with Crippen molar-refractivity contribution in [3.8, 4) is 0 Å². The van der Waals surface area contributed by atoms with Crippen LogP contribution in [0.2, 0.25) is 0 Å². The summed E-state index contributed by atoms with van der Waals surface area (Å²) < 4.78 is 0. The number of benzene rings is 1. The first-order valence-electron chi connectivity index (χ1n) is 10.2. The number of anilines is 1. The van der Waals surface area contributed by atoms with Crippen molar-refractivity contribution in [3.63, 3.8) is 0 Å². The van der Waals surface area contributed by atoms with Crippen LogP contribution in [0, 0.1) is 16.0 Å². The van der Waals surface area contributed by atoms with Crippen LogP contribution in [0.4, 0.5) is 11.4 Å². The van der Waals surface area contributed by atoms with Gasteiger partial charge in [-0.2, -0.15) is 0 Å². The fraction of sp³-hybridized carbons (Fsp3) is 0.650. The predicted octanol–water partition coefficient (Wildman–Crippen LogP) is 3.09. The molecule has 2 fully saturated rings. The second-order valence-electron chi connectivity index (χ2n) is 7.59. The van der Waals surface area contributed by atoms with Gasteiger partial charge in [0.05, 0.1) is 4.92 Å². The summed E-state index contributed by atoms with van der Waals surface area (Å²) in [5, 5.41) is 18.0. The highest BCUT2D eigenvalue weighted by molar-refractivity contribution is 6.00. The van der Waals surface area contributed by atoms with Gasteiger partial charge in [-0.15, -0.1) is 0 Å². The van der Waals surface area contributed by atoms with E-state index < -0.39 is 4.92 Å². The summed E-state index contributed by atoms with van der Waals surface area (Å²) in [5.74, 6) is 0.144. The summed E-state index contributed by atoms with van der Waals surface area (Å²) in [6.07, 6.45) is 8.51. The van der Waals surface area contributed by atoms with E-state index in [1.807, 2.05) is 4.90 Å². The molecule has 0 radical (unpaired) electrons. The quantitative estimate of drug-likeness (QED) is 0.611. The molecule has 1 aliphatic carbocycles. The molecule has 7 heteroatoms. The molecule has 0 atom stereocenters. The summed E-state index contributed by atoms with van der Waals surface area (Å²) in [6, 6.07) is 5.06. The van der Waals surface area contributed by atoms with Crippen LogP contribution in [0.25, 0.3) is 0 Å². The first-order valence-corrected chi connectivity index (χ1v) is 10.2. The van der Waals surface area contributed by atoms with Crippen LogP contribution < -0.4 is 15.5 Å². The fourth-order valence-corrected chi connectivity index (χ4v) is 4.14. The summed E-state index contributed by atoms with van der Waals surface area (Å²) in [5.41, 5.74) is 0.636. The number of hydrogen-bond acceptors (Lipinski definition) is 5. The van der Waals surface area contributed by atoms with Gasteiger partial charge >= 0.3 is 5.69 Å². The molecule has 1 saturated heterocycles. The van der Waals surface area contributed by atoms with Crippen LogP contribution in [0.15, 0.2) is 18.2 Å².